The van der Waals surface area contributed by atoms with Crippen molar-refractivity contribution in [2.45, 2.75) is 6.42 Å². The normalized spacial score (nSPS) is 16.9. The van der Waals surface area contributed by atoms with Gasteiger partial charge in [-0.3, -0.25) is 9.69 Å². The average molecular weight is 468 g/mol. The maximum absolute atomic E-state index is 13.3. The summed E-state index contributed by atoms with van der Waals surface area (Å²) in [6, 6.07) is 14.8. The number of aliphatic imine (C=N–C) groups is 1. The van der Waals surface area contributed by atoms with E-state index < -0.39 is 0 Å². The van der Waals surface area contributed by atoms with Crippen molar-refractivity contribution in [1.29, 1.82) is 0 Å². The number of cyclic esters (lactones) is 1. The molecule has 2 aromatic carbocycles. The van der Waals surface area contributed by atoms with Gasteiger partial charge in [0.1, 0.15) is 23.8 Å². The fourth-order valence-corrected chi connectivity index (χ4v) is 4.41. The van der Waals surface area contributed by atoms with E-state index >= 15 is 0 Å². The van der Waals surface area contributed by atoms with Crippen LogP contribution in [0.5, 0.6) is 11.5 Å². The van der Waals surface area contributed by atoms with Gasteiger partial charge in [-0.25, -0.2) is 9.79 Å². The summed E-state index contributed by atoms with van der Waals surface area (Å²) in [5, 5.41) is 0.594. The first-order chi connectivity index (χ1) is 16.1. The van der Waals surface area contributed by atoms with Crippen molar-refractivity contribution in [1.82, 2.24) is 4.90 Å². The lowest BCUT2D eigenvalue weighted by atomic mass is 10.2. The van der Waals surface area contributed by atoms with Gasteiger partial charge < -0.3 is 19.1 Å². The Morgan fingerprint density at radius 1 is 1.09 bits per heavy atom. The van der Waals surface area contributed by atoms with Crippen molar-refractivity contribution in [3.63, 3.8) is 0 Å². The van der Waals surface area contributed by atoms with Crippen molar-refractivity contribution in [3.8, 4) is 11.5 Å². The van der Waals surface area contributed by atoms with Gasteiger partial charge in [-0.1, -0.05) is 30.0 Å². The van der Waals surface area contributed by atoms with Crippen molar-refractivity contribution >= 4 is 40.7 Å². The molecular formula is C24H25N3O5S. The minimum atomic E-state index is -0.267. The van der Waals surface area contributed by atoms with E-state index in [0.717, 1.165) is 17.7 Å². The first-order valence-corrected chi connectivity index (χ1v) is 11.5. The number of carbonyl (C=O) groups is 2. The summed E-state index contributed by atoms with van der Waals surface area (Å²) in [6.07, 6.45) is 2.26. The maximum Gasteiger partial charge on any atom is 0.409 e. The Morgan fingerprint density at radius 2 is 1.88 bits per heavy atom. The van der Waals surface area contributed by atoms with Crippen LogP contribution in [-0.4, -0.2) is 61.7 Å². The molecule has 1 saturated heterocycles. The number of ether oxygens (including phenoxy) is 3. The highest BCUT2D eigenvalue weighted by Gasteiger charge is 2.32. The van der Waals surface area contributed by atoms with Gasteiger partial charge >= 0.3 is 6.09 Å². The molecule has 172 valence electrons. The molecule has 0 bridgehead atoms. The Hall–Kier alpha value is -3.46. The molecular weight excluding hydrogens is 442 g/mol. The Labute approximate surface area is 196 Å². The highest BCUT2D eigenvalue weighted by Crippen LogP contribution is 2.31. The summed E-state index contributed by atoms with van der Waals surface area (Å²) in [7, 11) is 3.20. The van der Waals surface area contributed by atoms with Crippen LogP contribution < -0.4 is 14.4 Å². The standard InChI is InChI=1S/C24H25N3O5S/c1-30-19-9-7-17(8-10-19)15-21-22(28)27(18-5-3-6-20(16-18)31-2)23(25-21)33-14-4-11-26-12-13-32-24(26)29/h3,5-10,15-16H,4,11-14H2,1-2H3/b21-15-. The van der Waals surface area contributed by atoms with E-state index in [1.807, 2.05) is 48.5 Å². The van der Waals surface area contributed by atoms with Crippen molar-refractivity contribution in [3.05, 3.63) is 59.8 Å². The van der Waals surface area contributed by atoms with Gasteiger partial charge in [-0.15, -0.1) is 0 Å². The van der Waals surface area contributed by atoms with Gasteiger partial charge in [0, 0.05) is 18.4 Å². The van der Waals surface area contributed by atoms with Gasteiger partial charge in [0.2, 0.25) is 0 Å². The zero-order valence-electron chi connectivity index (χ0n) is 18.5. The van der Waals surface area contributed by atoms with E-state index in [1.54, 1.807) is 30.1 Å². The monoisotopic (exact) mass is 467 g/mol. The van der Waals surface area contributed by atoms with Crippen LogP contribution in [0.3, 0.4) is 0 Å². The third kappa shape index (κ3) is 5.31. The molecule has 2 aliphatic heterocycles. The van der Waals surface area contributed by atoms with E-state index in [9.17, 15) is 9.59 Å². The van der Waals surface area contributed by atoms with E-state index in [0.29, 0.717) is 47.8 Å². The fourth-order valence-electron chi connectivity index (χ4n) is 3.48. The Kier molecular flexibility index (Phi) is 7.19. The minimum Gasteiger partial charge on any atom is -0.497 e. The molecule has 1 fully saturated rings. The third-order valence-electron chi connectivity index (χ3n) is 5.21. The maximum atomic E-state index is 13.3. The molecule has 2 aliphatic rings. The lowest BCUT2D eigenvalue weighted by Crippen LogP contribution is -2.30. The summed E-state index contributed by atoms with van der Waals surface area (Å²) in [6.45, 7) is 1.67. The number of hydrogen-bond donors (Lipinski definition) is 0. The van der Waals surface area contributed by atoms with Gasteiger partial charge in [-0.2, -0.15) is 0 Å². The van der Waals surface area contributed by atoms with Crippen LogP contribution in [0.25, 0.3) is 6.08 Å². The number of carbonyl (C=O) groups excluding carboxylic acids is 2. The van der Waals surface area contributed by atoms with E-state index in [2.05, 4.69) is 4.99 Å². The number of anilines is 1. The van der Waals surface area contributed by atoms with Crippen LogP contribution in [0.4, 0.5) is 10.5 Å². The smallest absolute Gasteiger partial charge is 0.409 e. The molecule has 4 rings (SSSR count). The predicted molar refractivity (Wildman–Crippen MR) is 129 cm³/mol. The van der Waals surface area contributed by atoms with E-state index in [1.165, 1.54) is 11.8 Å². The van der Waals surface area contributed by atoms with E-state index in [4.69, 9.17) is 14.2 Å². The average Bonchev–Trinajstić information content (AvgIpc) is 3.39. The topological polar surface area (TPSA) is 80.7 Å². The molecule has 2 aromatic rings. The quantitative estimate of drug-likeness (QED) is 0.431. The summed E-state index contributed by atoms with van der Waals surface area (Å²) in [5.74, 6) is 1.90. The lowest BCUT2D eigenvalue weighted by molar-refractivity contribution is -0.113. The molecule has 0 saturated carbocycles. The van der Waals surface area contributed by atoms with Crippen LogP contribution in [0, 0.1) is 0 Å². The predicted octanol–water partition coefficient (Wildman–Crippen LogP) is 4.02. The molecule has 33 heavy (non-hydrogen) atoms. The summed E-state index contributed by atoms with van der Waals surface area (Å²) < 4.78 is 15.5. The number of amides is 2. The molecule has 0 radical (unpaired) electrons. The first-order valence-electron chi connectivity index (χ1n) is 10.6. The van der Waals surface area contributed by atoms with Gasteiger partial charge in [0.15, 0.2) is 5.17 Å². The molecule has 2 amide bonds. The molecule has 0 unspecified atom stereocenters. The number of rotatable bonds is 8. The van der Waals surface area contributed by atoms with Crippen LogP contribution in [0.2, 0.25) is 0 Å². The number of benzene rings is 2. The van der Waals surface area contributed by atoms with E-state index in [-0.39, 0.29) is 12.0 Å². The molecule has 2 heterocycles. The van der Waals surface area contributed by atoms with Gasteiger partial charge in [0.25, 0.3) is 5.91 Å². The Morgan fingerprint density at radius 3 is 2.58 bits per heavy atom. The largest absolute Gasteiger partial charge is 0.497 e. The van der Waals surface area contributed by atoms with Crippen molar-refractivity contribution in [2.75, 3.05) is 44.6 Å². The van der Waals surface area contributed by atoms with Gasteiger partial charge in [-0.05, 0) is 42.3 Å². The second kappa shape index (κ2) is 10.4. The molecule has 0 N–H and O–H groups in total. The highest BCUT2D eigenvalue weighted by atomic mass is 32.2. The fraction of sp³-hybridized carbons (Fsp3) is 0.292. The SMILES string of the molecule is COc1ccc(/C=C2\N=C(SCCCN3CCOC3=O)N(c3cccc(OC)c3)C2=O)cc1. The van der Waals surface area contributed by atoms with Gasteiger partial charge in [0.05, 0.1) is 26.5 Å². The third-order valence-corrected chi connectivity index (χ3v) is 6.23. The second-order valence-electron chi connectivity index (χ2n) is 7.34. The number of amidine groups is 1. The van der Waals surface area contributed by atoms with Crippen LogP contribution in [-0.2, 0) is 9.53 Å². The number of methoxy groups -OCH3 is 2. The lowest BCUT2D eigenvalue weighted by Gasteiger charge is -2.19. The summed E-state index contributed by atoms with van der Waals surface area (Å²) >= 11 is 1.48. The molecule has 9 heteroatoms. The Balaban J connectivity index is 1.53. The zero-order valence-corrected chi connectivity index (χ0v) is 19.3. The highest BCUT2D eigenvalue weighted by molar-refractivity contribution is 8.14. The van der Waals surface area contributed by atoms with Crippen molar-refractivity contribution in [2.24, 2.45) is 4.99 Å². The van der Waals surface area contributed by atoms with Crippen molar-refractivity contribution < 1.29 is 23.8 Å². The molecule has 0 aromatic heterocycles. The summed E-state index contributed by atoms with van der Waals surface area (Å²) in [4.78, 5) is 32.9. The molecule has 0 aliphatic carbocycles. The molecule has 8 nitrogen and oxygen atoms in total. The number of thioether (sulfide) groups is 1. The Bertz CT molecular complexity index is 1080. The second-order valence-corrected chi connectivity index (χ2v) is 8.40. The minimum absolute atomic E-state index is 0.204. The zero-order chi connectivity index (χ0) is 23.2. The summed E-state index contributed by atoms with van der Waals surface area (Å²) in [5.41, 5.74) is 1.90. The van der Waals surface area contributed by atoms with Crippen LogP contribution in [0.15, 0.2) is 59.2 Å². The number of nitrogens with zero attached hydrogens (tertiary/aromatic N) is 3. The van der Waals surface area contributed by atoms with Crippen LogP contribution >= 0.6 is 11.8 Å². The van der Waals surface area contributed by atoms with Crippen LogP contribution in [0.1, 0.15) is 12.0 Å². The number of hydrogen-bond acceptors (Lipinski definition) is 7. The molecule has 0 atom stereocenters. The molecule has 0 spiro atoms. The first kappa shape index (κ1) is 22.7.